The van der Waals surface area contributed by atoms with Gasteiger partial charge in [-0.3, -0.25) is 4.79 Å². The van der Waals surface area contributed by atoms with Crippen LogP contribution in [0.25, 0.3) is 0 Å². The first-order chi connectivity index (χ1) is 9.28. The van der Waals surface area contributed by atoms with Crippen LogP contribution in [0.15, 0.2) is 0 Å². The van der Waals surface area contributed by atoms with E-state index in [1.165, 1.54) is 51.4 Å². The van der Waals surface area contributed by atoms with Crippen molar-refractivity contribution in [1.82, 2.24) is 10.6 Å². The van der Waals surface area contributed by atoms with Crippen molar-refractivity contribution < 1.29 is 4.79 Å². The molecule has 0 bridgehead atoms. The van der Waals surface area contributed by atoms with Gasteiger partial charge in [0.25, 0.3) is 0 Å². The molecule has 2 saturated carbocycles. The number of hydrogen-bond donors (Lipinski definition) is 2. The first-order valence-electron chi connectivity index (χ1n) is 8.34. The molecule has 0 spiro atoms. The van der Waals surface area contributed by atoms with E-state index in [1.807, 2.05) is 0 Å². The predicted octanol–water partition coefficient (Wildman–Crippen LogP) is 2.60. The lowest BCUT2D eigenvalue weighted by Gasteiger charge is -2.39. The van der Waals surface area contributed by atoms with Crippen molar-refractivity contribution in [3.05, 3.63) is 0 Å². The lowest BCUT2D eigenvalue weighted by atomic mass is 9.77. The summed E-state index contributed by atoms with van der Waals surface area (Å²) in [4.78, 5) is 12.3. The second-order valence-electron chi connectivity index (χ2n) is 6.85. The van der Waals surface area contributed by atoms with E-state index >= 15 is 0 Å². The lowest BCUT2D eigenvalue weighted by molar-refractivity contribution is -0.124. The van der Waals surface area contributed by atoms with Crippen molar-refractivity contribution in [2.24, 2.45) is 11.8 Å². The molecule has 19 heavy (non-hydrogen) atoms. The molecule has 1 saturated heterocycles. The molecule has 0 radical (unpaired) electrons. The highest BCUT2D eigenvalue weighted by molar-refractivity contribution is 5.82. The third-order valence-electron chi connectivity index (χ3n) is 5.38. The van der Waals surface area contributed by atoms with E-state index in [9.17, 15) is 4.79 Å². The summed E-state index contributed by atoms with van der Waals surface area (Å²) in [5.74, 6) is 1.87. The number of piperidine rings is 1. The maximum Gasteiger partial charge on any atom is 0.237 e. The molecule has 1 aliphatic heterocycles. The Morgan fingerprint density at radius 2 is 2.05 bits per heavy atom. The first-order valence-corrected chi connectivity index (χ1v) is 8.34. The van der Waals surface area contributed by atoms with Crippen LogP contribution in [-0.2, 0) is 4.79 Å². The van der Waals surface area contributed by atoms with Crippen molar-refractivity contribution >= 4 is 5.91 Å². The SMILES string of the molecule is CCCC1CC1NC(=O)C1CCC2CCCCC2N1. The Kier molecular flexibility index (Phi) is 4.11. The van der Waals surface area contributed by atoms with E-state index in [2.05, 4.69) is 17.6 Å². The molecule has 2 aliphatic carbocycles. The largest absolute Gasteiger partial charge is 0.352 e. The summed E-state index contributed by atoms with van der Waals surface area (Å²) >= 11 is 0. The van der Waals surface area contributed by atoms with E-state index in [1.54, 1.807) is 0 Å². The molecule has 0 aromatic rings. The van der Waals surface area contributed by atoms with Crippen LogP contribution in [-0.4, -0.2) is 24.0 Å². The smallest absolute Gasteiger partial charge is 0.237 e. The van der Waals surface area contributed by atoms with Crippen LogP contribution in [0.5, 0.6) is 0 Å². The van der Waals surface area contributed by atoms with Crippen molar-refractivity contribution in [2.45, 2.75) is 82.8 Å². The van der Waals surface area contributed by atoms with Gasteiger partial charge in [-0.15, -0.1) is 0 Å². The zero-order valence-corrected chi connectivity index (χ0v) is 12.2. The predicted molar refractivity (Wildman–Crippen MR) is 76.8 cm³/mol. The number of hydrogen-bond acceptors (Lipinski definition) is 2. The van der Waals surface area contributed by atoms with Crippen LogP contribution in [0.1, 0.15) is 64.7 Å². The van der Waals surface area contributed by atoms with Crippen molar-refractivity contribution in [3.8, 4) is 0 Å². The molecular weight excluding hydrogens is 236 g/mol. The molecule has 3 aliphatic rings. The summed E-state index contributed by atoms with van der Waals surface area (Å²) in [6.45, 7) is 2.23. The zero-order valence-electron chi connectivity index (χ0n) is 12.2. The third-order valence-corrected chi connectivity index (χ3v) is 5.38. The number of rotatable bonds is 4. The van der Waals surface area contributed by atoms with Gasteiger partial charge in [0.1, 0.15) is 0 Å². The summed E-state index contributed by atoms with van der Waals surface area (Å²) in [5, 5.41) is 6.88. The molecule has 5 unspecified atom stereocenters. The average molecular weight is 264 g/mol. The normalized spacial score (nSPS) is 41.4. The highest BCUT2D eigenvalue weighted by Crippen LogP contribution is 2.35. The minimum absolute atomic E-state index is 0.0854. The van der Waals surface area contributed by atoms with Gasteiger partial charge in [0.05, 0.1) is 6.04 Å². The van der Waals surface area contributed by atoms with Crippen LogP contribution in [0.2, 0.25) is 0 Å². The van der Waals surface area contributed by atoms with Crippen molar-refractivity contribution in [3.63, 3.8) is 0 Å². The fraction of sp³-hybridized carbons (Fsp3) is 0.938. The highest BCUT2D eigenvalue weighted by Gasteiger charge is 2.40. The van der Waals surface area contributed by atoms with Gasteiger partial charge in [-0.1, -0.05) is 26.2 Å². The minimum Gasteiger partial charge on any atom is -0.352 e. The Balaban J connectivity index is 1.46. The molecule has 2 N–H and O–H groups in total. The van der Waals surface area contributed by atoms with Crippen LogP contribution in [0.4, 0.5) is 0 Å². The third kappa shape index (κ3) is 3.13. The molecule has 3 rings (SSSR count). The summed E-state index contributed by atoms with van der Waals surface area (Å²) in [6, 6.07) is 1.18. The molecule has 3 heteroatoms. The first kappa shape index (κ1) is 13.4. The molecular formula is C16H28N2O. The van der Waals surface area contributed by atoms with Gasteiger partial charge < -0.3 is 10.6 Å². The Bertz CT molecular complexity index is 331. The topological polar surface area (TPSA) is 41.1 Å². The highest BCUT2D eigenvalue weighted by atomic mass is 16.2. The molecule has 0 aromatic carbocycles. The van der Waals surface area contributed by atoms with Gasteiger partial charge in [-0.25, -0.2) is 0 Å². The monoisotopic (exact) mass is 264 g/mol. The molecule has 1 heterocycles. The van der Waals surface area contributed by atoms with E-state index in [0.717, 1.165) is 18.3 Å². The number of fused-ring (bicyclic) bond motifs is 1. The van der Waals surface area contributed by atoms with Gasteiger partial charge in [-0.05, 0) is 50.4 Å². The van der Waals surface area contributed by atoms with E-state index < -0.39 is 0 Å². The summed E-state index contributed by atoms with van der Waals surface area (Å²) in [7, 11) is 0. The Morgan fingerprint density at radius 3 is 2.89 bits per heavy atom. The fourth-order valence-corrected chi connectivity index (χ4v) is 4.10. The number of nitrogens with one attached hydrogen (secondary N) is 2. The molecule has 5 atom stereocenters. The fourth-order valence-electron chi connectivity index (χ4n) is 4.10. The van der Waals surface area contributed by atoms with Gasteiger partial charge in [-0.2, -0.15) is 0 Å². The van der Waals surface area contributed by atoms with Gasteiger partial charge in [0.2, 0.25) is 5.91 Å². The van der Waals surface area contributed by atoms with E-state index in [-0.39, 0.29) is 11.9 Å². The summed E-state index contributed by atoms with van der Waals surface area (Å²) in [5.41, 5.74) is 0. The van der Waals surface area contributed by atoms with Gasteiger partial charge in [0, 0.05) is 12.1 Å². The number of amides is 1. The maximum atomic E-state index is 12.3. The average Bonchev–Trinajstić information content (AvgIpc) is 3.16. The molecule has 3 nitrogen and oxygen atoms in total. The Morgan fingerprint density at radius 1 is 1.21 bits per heavy atom. The molecule has 108 valence electrons. The zero-order chi connectivity index (χ0) is 13.2. The summed E-state index contributed by atoms with van der Waals surface area (Å²) in [6.07, 6.45) is 11.4. The van der Waals surface area contributed by atoms with Gasteiger partial charge in [0.15, 0.2) is 0 Å². The van der Waals surface area contributed by atoms with Crippen LogP contribution in [0, 0.1) is 11.8 Å². The van der Waals surface area contributed by atoms with Crippen LogP contribution < -0.4 is 10.6 Å². The summed E-state index contributed by atoms with van der Waals surface area (Å²) < 4.78 is 0. The quantitative estimate of drug-likeness (QED) is 0.819. The molecule has 0 aromatic heterocycles. The standard InChI is InChI=1S/C16H28N2O/c1-2-5-12-10-15(12)18-16(19)14-9-8-11-6-3-4-7-13(11)17-14/h11-15,17H,2-10H2,1H3,(H,18,19). The van der Waals surface area contributed by atoms with E-state index in [0.29, 0.717) is 12.1 Å². The molecule has 1 amide bonds. The molecule has 3 fully saturated rings. The van der Waals surface area contributed by atoms with Crippen LogP contribution in [0.3, 0.4) is 0 Å². The maximum absolute atomic E-state index is 12.3. The van der Waals surface area contributed by atoms with E-state index in [4.69, 9.17) is 0 Å². The Labute approximate surface area is 116 Å². The minimum atomic E-state index is 0.0854. The van der Waals surface area contributed by atoms with Crippen LogP contribution >= 0.6 is 0 Å². The van der Waals surface area contributed by atoms with Crippen molar-refractivity contribution in [1.29, 1.82) is 0 Å². The lowest BCUT2D eigenvalue weighted by Crippen LogP contribution is -2.55. The van der Waals surface area contributed by atoms with Crippen molar-refractivity contribution in [2.75, 3.05) is 0 Å². The second-order valence-corrected chi connectivity index (χ2v) is 6.85. The second kappa shape index (κ2) is 5.82. The number of carbonyl (C=O) groups excluding carboxylic acids is 1. The Hall–Kier alpha value is -0.570. The number of carbonyl (C=O) groups is 1. The van der Waals surface area contributed by atoms with Gasteiger partial charge >= 0.3 is 0 Å².